The average Bonchev–Trinajstić information content (AvgIpc) is 3.02. The van der Waals surface area contributed by atoms with Gasteiger partial charge >= 0.3 is 6.18 Å². The molecule has 0 saturated carbocycles. The van der Waals surface area contributed by atoms with Crippen LogP contribution in [0.1, 0.15) is 30.0 Å². The van der Waals surface area contributed by atoms with Crippen molar-refractivity contribution in [2.24, 2.45) is 12.0 Å². The van der Waals surface area contributed by atoms with Gasteiger partial charge in [0.2, 0.25) is 0 Å². The monoisotopic (exact) mass is 381 g/mol. The number of hydrogen-bond donors (Lipinski definition) is 1. The van der Waals surface area contributed by atoms with Gasteiger partial charge in [-0.3, -0.25) is 9.67 Å². The van der Waals surface area contributed by atoms with Gasteiger partial charge in [-0.25, -0.2) is 0 Å². The molecule has 0 aliphatic rings. The van der Waals surface area contributed by atoms with E-state index in [1.54, 1.807) is 4.68 Å². The summed E-state index contributed by atoms with van der Waals surface area (Å²) < 4.78 is 39.8. The third-order valence-electron chi connectivity index (χ3n) is 4.04. The maximum absolute atomic E-state index is 12.7. The van der Waals surface area contributed by atoms with Gasteiger partial charge in [-0.15, -0.1) is 0 Å². The summed E-state index contributed by atoms with van der Waals surface area (Å²) in [6, 6.07) is 5.23. The van der Waals surface area contributed by atoms with E-state index in [0.29, 0.717) is 13.1 Å². The van der Waals surface area contributed by atoms with E-state index in [1.807, 2.05) is 38.3 Å². The van der Waals surface area contributed by atoms with Crippen LogP contribution in [0.4, 0.5) is 13.2 Å². The van der Waals surface area contributed by atoms with Gasteiger partial charge in [0.05, 0.1) is 11.8 Å². The number of nitrogens with zero attached hydrogens (tertiary/aromatic N) is 4. The first-order chi connectivity index (χ1) is 12.8. The van der Waals surface area contributed by atoms with E-state index >= 15 is 0 Å². The van der Waals surface area contributed by atoms with Crippen LogP contribution in [0.2, 0.25) is 0 Å². The molecule has 2 aromatic rings. The molecule has 2 rings (SSSR count). The molecule has 0 unspecified atom stereocenters. The summed E-state index contributed by atoms with van der Waals surface area (Å²) in [6.45, 7) is 3.84. The molecule has 0 aliphatic heterocycles. The van der Waals surface area contributed by atoms with E-state index in [2.05, 4.69) is 15.4 Å². The summed E-state index contributed by atoms with van der Waals surface area (Å²) in [5, 5.41) is 7.37. The number of guanidine groups is 1. The number of aryl methyl sites for hydroxylation is 2. The van der Waals surface area contributed by atoms with Crippen LogP contribution in [0.5, 0.6) is 0 Å². The number of rotatable bonds is 7. The molecule has 148 valence electrons. The lowest BCUT2D eigenvalue weighted by Crippen LogP contribution is -2.38. The second-order valence-corrected chi connectivity index (χ2v) is 6.41. The number of benzene rings is 1. The van der Waals surface area contributed by atoms with Crippen LogP contribution in [0.15, 0.2) is 41.7 Å². The van der Waals surface area contributed by atoms with Gasteiger partial charge in [0.25, 0.3) is 0 Å². The molecule has 0 atom stereocenters. The standard InChI is InChI=1S/C19H26F3N5/c1-4-23-18(24-11-5-6-16-12-25-27(3)14-16)26(2)13-15-7-9-17(10-8-15)19(20,21)22/h7-10,12,14H,4-6,11,13H2,1-3H3,(H,23,24). The van der Waals surface area contributed by atoms with Crippen molar-refractivity contribution in [2.75, 3.05) is 20.1 Å². The fourth-order valence-corrected chi connectivity index (χ4v) is 2.69. The molecule has 0 radical (unpaired) electrons. The van der Waals surface area contributed by atoms with Crippen molar-refractivity contribution in [3.05, 3.63) is 53.3 Å². The molecule has 0 amide bonds. The largest absolute Gasteiger partial charge is 0.416 e. The molecule has 0 spiro atoms. The molecule has 27 heavy (non-hydrogen) atoms. The molecule has 1 aromatic carbocycles. The Hall–Kier alpha value is -2.51. The Morgan fingerprint density at radius 2 is 1.93 bits per heavy atom. The minimum absolute atomic E-state index is 0.479. The number of hydrogen-bond acceptors (Lipinski definition) is 2. The number of alkyl halides is 3. The summed E-state index contributed by atoms with van der Waals surface area (Å²) in [6.07, 6.45) is 1.33. The molecule has 0 fully saturated rings. The lowest BCUT2D eigenvalue weighted by atomic mass is 10.1. The predicted octanol–water partition coefficient (Wildman–Crippen LogP) is 3.47. The summed E-state index contributed by atoms with van der Waals surface area (Å²) in [5.74, 6) is 0.739. The van der Waals surface area contributed by atoms with Crippen molar-refractivity contribution in [2.45, 2.75) is 32.5 Å². The lowest BCUT2D eigenvalue weighted by Gasteiger charge is -2.22. The summed E-state index contributed by atoms with van der Waals surface area (Å²) in [7, 11) is 3.77. The minimum atomic E-state index is -4.31. The lowest BCUT2D eigenvalue weighted by molar-refractivity contribution is -0.137. The molecular weight excluding hydrogens is 355 g/mol. The number of halogens is 3. The SMILES string of the molecule is CCNC(=NCCCc1cnn(C)c1)N(C)Cc1ccc(C(F)(F)F)cc1. The molecule has 1 heterocycles. The first-order valence-corrected chi connectivity index (χ1v) is 8.92. The van der Waals surface area contributed by atoms with E-state index in [1.165, 1.54) is 17.7 Å². The topological polar surface area (TPSA) is 45.5 Å². The molecule has 0 bridgehead atoms. The Kier molecular flexibility index (Phi) is 7.27. The van der Waals surface area contributed by atoms with Gasteiger partial charge in [-0.1, -0.05) is 12.1 Å². The molecule has 1 N–H and O–H groups in total. The van der Waals surface area contributed by atoms with Gasteiger partial charge in [-0.05, 0) is 43.0 Å². The van der Waals surface area contributed by atoms with Crippen molar-refractivity contribution in [3.8, 4) is 0 Å². The third kappa shape index (κ3) is 6.62. The van der Waals surface area contributed by atoms with Crippen molar-refractivity contribution in [1.82, 2.24) is 20.0 Å². The highest BCUT2D eigenvalue weighted by atomic mass is 19.4. The number of aromatic nitrogens is 2. The zero-order valence-corrected chi connectivity index (χ0v) is 15.9. The average molecular weight is 381 g/mol. The highest BCUT2D eigenvalue weighted by Gasteiger charge is 2.29. The second kappa shape index (κ2) is 9.43. The van der Waals surface area contributed by atoms with Gasteiger partial charge < -0.3 is 10.2 Å². The van der Waals surface area contributed by atoms with Crippen molar-refractivity contribution in [1.29, 1.82) is 0 Å². The zero-order valence-electron chi connectivity index (χ0n) is 15.9. The van der Waals surface area contributed by atoms with Gasteiger partial charge in [0.1, 0.15) is 0 Å². The number of nitrogens with one attached hydrogen (secondary N) is 1. The van der Waals surface area contributed by atoms with Gasteiger partial charge in [0.15, 0.2) is 5.96 Å². The van der Waals surface area contributed by atoms with E-state index in [0.717, 1.165) is 43.0 Å². The van der Waals surface area contributed by atoms with E-state index < -0.39 is 11.7 Å². The second-order valence-electron chi connectivity index (χ2n) is 6.41. The quantitative estimate of drug-likeness (QED) is 0.454. The van der Waals surface area contributed by atoms with Crippen molar-refractivity contribution >= 4 is 5.96 Å². The highest BCUT2D eigenvalue weighted by Crippen LogP contribution is 2.29. The minimum Gasteiger partial charge on any atom is -0.357 e. The maximum Gasteiger partial charge on any atom is 0.416 e. The molecular formula is C19H26F3N5. The first kappa shape index (κ1) is 20.8. The Labute approximate surface area is 157 Å². The smallest absolute Gasteiger partial charge is 0.357 e. The Morgan fingerprint density at radius 3 is 2.48 bits per heavy atom. The van der Waals surface area contributed by atoms with Crippen LogP contribution in [-0.4, -0.2) is 40.8 Å². The summed E-state index contributed by atoms with van der Waals surface area (Å²) >= 11 is 0. The van der Waals surface area contributed by atoms with Crippen LogP contribution < -0.4 is 5.32 Å². The fraction of sp³-hybridized carbons (Fsp3) is 0.474. The summed E-state index contributed by atoms with van der Waals surface area (Å²) in [5.41, 5.74) is 1.34. The maximum atomic E-state index is 12.7. The molecule has 0 saturated heterocycles. The van der Waals surface area contributed by atoms with Gasteiger partial charge in [-0.2, -0.15) is 18.3 Å². The molecule has 1 aromatic heterocycles. The van der Waals surface area contributed by atoms with Crippen LogP contribution >= 0.6 is 0 Å². The van der Waals surface area contributed by atoms with Crippen LogP contribution in [0.25, 0.3) is 0 Å². The van der Waals surface area contributed by atoms with E-state index in [-0.39, 0.29) is 0 Å². The van der Waals surface area contributed by atoms with Crippen molar-refractivity contribution < 1.29 is 13.2 Å². The molecule has 0 aliphatic carbocycles. The molecule has 5 nitrogen and oxygen atoms in total. The zero-order chi connectivity index (χ0) is 19.9. The van der Waals surface area contributed by atoms with Crippen LogP contribution in [0, 0.1) is 0 Å². The van der Waals surface area contributed by atoms with Crippen LogP contribution in [0.3, 0.4) is 0 Å². The Morgan fingerprint density at radius 1 is 1.22 bits per heavy atom. The number of aliphatic imine (C=N–C) groups is 1. The van der Waals surface area contributed by atoms with E-state index in [9.17, 15) is 13.2 Å². The van der Waals surface area contributed by atoms with Gasteiger partial charge in [0, 0.05) is 39.9 Å². The third-order valence-corrected chi connectivity index (χ3v) is 4.04. The fourth-order valence-electron chi connectivity index (χ4n) is 2.69. The summed E-state index contributed by atoms with van der Waals surface area (Å²) in [4.78, 5) is 6.53. The first-order valence-electron chi connectivity index (χ1n) is 8.92. The van der Waals surface area contributed by atoms with Crippen molar-refractivity contribution in [3.63, 3.8) is 0 Å². The molecule has 8 heteroatoms. The Balaban J connectivity index is 1.91. The highest BCUT2D eigenvalue weighted by molar-refractivity contribution is 5.79. The predicted molar refractivity (Wildman–Crippen MR) is 100 cm³/mol. The van der Waals surface area contributed by atoms with Crippen LogP contribution in [-0.2, 0) is 26.2 Å². The Bertz CT molecular complexity index is 735. The normalized spacial score (nSPS) is 12.3. The van der Waals surface area contributed by atoms with E-state index in [4.69, 9.17) is 0 Å².